The van der Waals surface area contributed by atoms with Gasteiger partial charge in [0, 0.05) is 22.3 Å². The van der Waals surface area contributed by atoms with Gasteiger partial charge in [-0.1, -0.05) is 60.7 Å². The molecule has 0 spiro atoms. The van der Waals surface area contributed by atoms with Gasteiger partial charge in [0.1, 0.15) is 0 Å². The molecule has 1 heterocycles. The molecule has 4 aromatic carbocycles. The Morgan fingerprint density at radius 2 is 1.24 bits per heavy atom. The lowest BCUT2D eigenvalue weighted by atomic mass is 9.97. The lowest BCUT2D eigenvalue weighted by Gasteiger charge is -2.18. The average Bonchev–Trinajstić information content (AvgIpc) is 3.44. The standard InChI is InChI=1S/C31H24N2O4/c1-20-13-14-26(19-21(20)2)27(34)28(22-9-5-3-6-10-22)36-31(35)25-17-15-24(16-18-25)30-33-32-29(37-30)23-11-7-4-8-12-23/h3-19,28H,1-2H3/t28-/m0/s1. The number of benzene rings is 4. The van der Waals surface area contributed by atoms with Gasteiger partial charge in [0.05, 0.1) is 5.56 Å². The minimum Gasteiger partial charge on any atom is -0.445 e. The maximum absolute atomic E-state index is 13.4. The first kappa shape index (κ1) is 23.9. The topological polar surface area (TPSA) is 82.3 Å². The van der Waals surface area contributed by atoms with Crippen LogP contribution in [-0.2, 0) is 4.74 Å². The molecule has 6 heteroatoms. The first-order valence-corrected chi connectivity index (χ1v) is 11.9. The molecule has 0 aliphatic carbocycles. The lowest BCUT2D eigenvalue weighted by Crippen LogP contribution is -2.20. The van der Waals surface area contributed by atoms with Crippen LogP contribution < -0.4 is 0 Å². The van der Waals surface area contributed by atoms with E-state index in [1.165, 1.54) is 0 Å². The van der Waals surface area contributed by atoms with Crippen molar-refractivity contribution in [3.05, 3.63) is 131 Å². The molecule has 0 saturated heterocycles. The molecule has 5 aromatic rings. The van der Waals surface area contributed by atoms with E-state index in [9.17, 15) is 9.59 Å². The highest BCUT2D eigenvalue weighted by Gasteiger charge is 2.27. The van der Waals surface area contributed by atoms with Gasteiger partial charge in [-0.05, 0) is 67.4 Å². The van der Waals surface area contributed by atoms with E-state index in [1.807, 2.05) is 74.5 Å². The molecule has 182 valence electrons. The van der Waals surface area contributed by atoms with E-state index < -0.39 is 12.1 Å². The second-order valence-corrected chi connectivity index (χ2v) is 8.72. The van der Waals surface area contributed by atoms with Crippen molar-refractivity contribution in [1.82, 2.24) is 10.2 Å². The molecular weight excluding hydrogens is 464 g/mol. The lowest BCUT2D eigenvalue weighted by molar-refractivity contribution is 0.0280. The van der Waals surface area contributed by atoms with Gasteiger partial charge in [0.25, 0.3) is 0 Å². The third-order valence-corrected chi connectivity index (χ3v) is 6.17. The molecule has 0 aliphatic rings. The number of Topliss-reactive ketones (excluding diaryl/α,β-unsaturated/α-hetero) is 1. The van der Waals surface area contributed by atoms with E-state index in [2.05, 4.69) is 10.2 Å². The summed E-state index contributed by atoms with van der Waals surface area (Å²) in [6.45, 7) is 3.93. The Bertz CT molecular complexity index is 1540. The zero-order chi connectivity index (χ0) is 25.8. The summed E-state index contributed by atoms with van der Waals surface area (Å²) >= 11 is 0. The fourth-order valence-corrected chi connectivity index (χ4v) is 3.91. The van der Waals surface area contributed by atoms with Crippen molar-refractivity contribution in [2.75, 3.05) is 0 Å². The Balaban J connectivity index is 1.37. The van der Waals surface area contributed by atoms with Gasteiger partial charge in [-0.15, -0.1) is 10.2 Å². The quantitative estimate of drug-likeness (QED) is 0.185. The number of ether oxygens (including phenoxy) is 1. The van der Waals surface area contributed by atoms with Gasteiger partial charge in [-0.25, -0.2) is 4.79 Å². The Morgan fingerprint density at radius 3 is 1.86 bits per heavy atom. The van der Waals surface area contributed by atoms with Crippen molar-refractivity contribution in [2.45, 2.75) is 20.0 Å². The van der Waals surface area contributed by atoms with Crippen LogP contribution in [0.2, 0.25) is 0 Å². The van der Waals surface area contributed by atoms with Crippen molar-refractivity contribution in [3.63, 3.8) is 0 Å². The van der Waals surface area contributed by atoms with E-state index in [1.54, 1.807) is 42.5 Å². The summed E-state index contributed by atoms with van der Waals surface area (Å²) in [5.74, 6) is -0.132. The predicted octanol–water partition coefficient (Wildman–Crippen LogP) is 6.80. The van der Waals surface area contributed by atoms with Crippen molar-refractivity contribution in [1.29, 1.82) is 0 Å². The van der Waals surface area contributed by atoms with Crippen LogP contribution in [0, 0.1) is 13.8 Å². The minimum absolute atomic E-state index is 0.279. The highest BCUT2D eigenvalue weighted by Crippen LogP contribution is 2.27. The van der Waals surface area contributed by atoms with Crippen LogP contribution in [-0.4, -0.2) is 21.9 Å². The van der Waals surface area contributed by atoms with Gasteiger partial charge in [0.2, 0.25) is 17.6 Å². The first-order chi connectivity index (χ1) is 18.0. The highest BCUT2D eigenvalue weighted by atomic mass is 16.5. The summed E-state index contributed by atoms with van der Waals surface area (Å²) in [6.07, 6.45) is -1.07. The molecule has 1 aromatic heterocycles. The van der Waals surface area contributed by atoms with Crippen LogP contribution in [0.5, 0.6) is 0 Å². The third kappa shape index (κ3) is 5.23. The summed E-state index contributed by atoms with van der Waals surface area (Å²) in [6, 6.07) is 30.6. The molecule has 1 atom stereocenters. The second kappa shape index (κ2) is 10.4. The number of rotatable bonds is 7. The molecule has 0 N–H and O–H groups in total. The van der Waals surface area contributed by atoms with Crippen LogP contribution in [0.4, 0.5) is 0 Å². The van der Waals surface area contributed by atoms with Crippen LogP contribution in [0.15, 0.2) is 108 Å². The number of aryl methyl sites for hydroxylation is 2. The van der Waals surface area contributed by atoms with Crippen LogP contribution in [0.3, 0.4) is 0 Å². The van der Waals surface area contributed by atoms with Crippen LogP contribution in [0.25, 0.3) is 22.9 Å². The zero-order valence-corrected chi connectivity index (χ0v) is 20.4. The maximum atomic E-state index is 13.4. The number of aromatic nitrogens is 2. The Morgan fingerprint density at radius 1 is 0.676 bits per heavy atom. The molecule has 0 bridgehead atoms. The first-order valence-electron chi connectivity index (χ1n) is 11.9. The minimum atomic E-state index is -1.07. The van der Waals surface area contributed by atoms with Crippen molar-refractivity contribution < 1.29 is 18.7 Å². The Labute approximate surface area is 214 Å². The van der Waals surface area contributed by atoms with Crippen molar-refractivity contribution in [3.8, 4) is 22.9 Å². The number of hydrogen-bond acceptors (Lipinski definition) is 6. The molecule has 37 heavy (non-hydrogen) atoms. The van der Waals surface area contributed by atoms with Crippen LogP contribution >= 0.6 is 0 Å². The Kier molecular flexibility index (Phi) is 6.72. The fraction of sp³-hybridized carbons (Fsp3) is 0.0968. The molecule has 0 unspecified atom stereocenters. The molecule has 0 amide bonds. The van der Waals surface area contributed by atoms with Gasteiger partial charge >= 0.3 is 5.97 Å². The number of hydrogen-bond donors (Lipinski definition) is 0. The number of ketones is 1. The molecule has 5 rings (SSSR count). The van der Waals surface area contributed by atoms with Crippen molar-refractivity contribution in [2.24, 2.45) is 0 Å². The smallest absolute Gasteiger partial charge is 0.339 e. The highest BCUT2D eigenvalue weighted by molar-refractivity contribution is 6.02. The zero-order valence-electron chi connectivity index (χ0n) is 20.4. The molecule has 6 nitrogen and oxygen atoms in total. The van der Waals surface area contributed by atoms with E-state index >= 15 is 0 Å². The summed E-state index contributed by atoms with van der Waals surface area (Å²) in [4.78, 5) is 26.5. The van der Waals surface area contributed by atoms with E-state index in [0.29, 0.717) is 34.0 Å². The summed E-state index contributed by atoms with van der Waals surface area (Å²) < 4.78 is 11.6. The van der Waals surface area contributed by atoms with E-state index in [0.717, 1.165) is 16.7 Å². The largest absolute Gasteiger partial charge is 0.445 e. The van der Waals surface area contributed by atoms with Gasteiger partial charge in [-0.2, -0.15) is 0 Å². The van der Waals surface area contributed by atoms with Crippen LogP contribution in [0.1, 0.15) is 43.5 Å². The molecule has 0 fully saturated rings. The second-order valence-electron chi connectivity index (χ2n) is 8.72. The summed E-state index contributed by atoms with van der Waals surface area (Å²) in [7, 11) is 0. The molecule has 0 radical (unpaired) electrons. The number of carbonyl (C=O) groups is 2. The fourth-order valence-electron chi connectivity index (χ4n) is 3.91. The van der Waals surface area contributed by atoms with E-state index in [4.69, 9.17) is 9.15 Å². The maximum Gasteiger partial charge on any atom is 0.339 e. The number of carbonyl (C=O) groups excluding carboxylic acids is 2. The molecule has 0 aliphatic heterocycles. The summed E-state index contributed by atoms with van der Waals surface area (Å²) in [5.41, 5.74) is 4.97. The number of esters is 1. The average molecular weight is 489 g/mol. The molecular formula is C31H24N2O4. The van der Waals surface area contributed by atoms with E-state index in [-0.39, 0.29) is 5.78 Å². The monoisotopic (exact) mass is 488 g/mol. The van der Waals surface area contributed by atoms with Gasteiger partial charge < -0.3 is 9.15 Å². The number of nitrogens with zero attached hydrogens (tertiary/aromatic N) is 2. The van der Waals surface area contributed by atoms with Gasteiger partial charge in [-0.3, -0.25) is 4.79 Å². The van der Waals surface area contributed by atoms with Gasteiger partial charge in [0.15, 0.2) is 6.10 Å². The predicted molar refractivity (Wildman–Crippen MR) is 140 cm³/mol. The Hall–Kier alpha value is -4.84. The van der Waals surface area contributed by atoms with Crippen molar-refractivity contribution >= 4 is 11.8 Å². The SMILES string of the molecule is Cc1ccc(C(=O)[C@@H](OC(=O)c2ccc(-c3nnc(-c4ccccc4)o3)cc2)c2ccccc2)cc1C. The normalized spacial score (nSPS) is 11.6. The third-order valence-electron chi connectivity index (χ3n) is 6.17. The summed E-state index contributed by atoms with van der Waals surface area (Å²) in [5, 5.41) is 8.23. The molecule has 0 saturated carbocycles.